The maximum absolute atomic E-state index is 11.1. The van der Waals surface area contributed by atoms with Gasteiger partial charge in [-0.05, 0) is 13.3 Å². The summed E-state index contributed by atoms with van der Waals surface area (Å²) in [5.74, 6) is -0.183. The summed E-state index contributed by atoms with van der Waals surface area (Å²) in [6.45, 7) is 3.86. The molecular formula is C8H18N2O2. The number of carbonyl (C=O) groups excluding carboxylic acids is 1. The van der Waals surface area contributed by atoms with Gasteiger partial charge in [-0.3, -0.25) is 4.79 Å². The average Bonchev–Trinajstić information content (AvgIpc) is 2.00. The van der Waals surface area contributed by atoms with Crippen molar-refractivity contribution in [2.24, 2.45) is 5.73 Å². The molecule has 72 valence electrons. The molecule has 4 heteroatoms. The van der Waals surface area contributed by atoms with Gasteiger partial charge in [-0.1, -0.05) is 13.3 Å². The Hall–Kier alpha value is -0.610. The summed E-state index contributed by atoms with van der Waals surface area (Å²) in [5, 5.41) is 11.4. The lowest BCUT2D eigenvalue weighted by Crippen LogP contribution is -2.42. The maximum Gasteiger partial charge on any atom is 0.237 e. The van der Waals surface area contributed by atoms with Crippen LogP contribution in [0, 0.1) is 0 Å². The number of carbonyl (C=O) groups is 1. The molecule has 12 heavy (non-hydrogen) atoms. The van der Waals surface area contributed by atoms with Crippen molar-refractivity contribution >= 4 is 5.91 Å². The van der Waals surface area contributed by atoms with E-state index in [4.69, 9.17) is 10.8 Å². The van der Waals surface area contributed by atoms with Gasteiger partial charge in [0.15, 0.2) is 0 Å². The van der Waals surface area contributed by atoms with Crippen molar-refractivity contribution in [3.63, 3.8) is 0 Å². The van der Waals surface area contributed by atoms with Gasteiger partial charge in [0.25, 0.3) is 0 Å². The van der Waals surface area contributed by atoms with E-state index in [0.717, 1.165) is 6.42 Å². The van der Waals surface area contributed by atoms with E-state index >= 15 is 0 Å². The minimum Gasteiger partial charge on any atom is -0.392 e. The van der Waals surface area contributed by atoms with E-state index < -0.39 is 12.1 Å². The first-order valence-corrected chi connectivity index (χ1v) is 4.29. The summed E-state index contributed by atoms with van der Waals surface area (Å²) in [4.78, 5) is 11.1. The first-order valence-electron chi connectivity index (χ1n) is 4.29. The minimum atomic E-state index is -0.511. The van der Waals surface area contributed by atoms with Crippen LogP contribution >= 0.6 is 0 Å². The Balaban J connectivity index is 3.57. The molecule has 0 aromatic rings. The lowest BCUT2D eigenvalue weighted by atomic mass is 10.1. The molecule has 4 N–H and O–H groups in total. The zero-order chi connectivity index (χ0) is 9.56. The monoisotopic (exact) mass is 174 g/mol. The van der Waals surface area contributed by atoms with Crippen molar-refractivity contribution in [1.82, 2.24) is 5.32 Å². The van der Waals surface area contributed by atoms with Crippen LogP contribution in [0.4, 0.5) is 0 Å². The molecule has 1 amide bonds. The Bertz CT molecular complexity index is 137. The third kappa shape index (κ3) is 5.09. The fraction of sp³-hybridized carbons (Fsp3) is 0.875. The van der Waals surface area contributed by atoms with Crippen LogP contribution in [-0.4, -0.2) is 29.7 Å². The van der Waals surface area contributed by atoms with Crippen molar-refractivity contribution in [1.29, 1.82) is 0 Å². The normalized spacial score (nSPS) is 15.3. The molecule has 0 aliphatic rings. The predicted molar refractivity (Wildman–Crippen MR) is 47.6 cm³/mol. The molecule has 0 aliphatic heterocycles. The molecule has 0 spiro atoms. The minimum absolute atomic E-state index is 0.183. The van der Waals surface area contributed by atoms with Gasteiger partial charge < -0.3 is 16.2 Å². The first kappa shape index (κ1) is 11.4. The lowest BCUT2D eigenvalue weighted by molar-refractivity contribution is -0.122. The zero-order valence-electron chi connectivity index (χ0n) is 7.71. The van der Waals surface area contributed by atoms with Crippen molar-refractivity contribution < 1.29 is 9.90 Å². The highest BCUT2D eigenvalue weighted by Crippen LogP contribution is 1.92. The molecule has 0 saturated carbocycles. The largest absolute Gasteiger partial charge is 0.392 e. The molecule has 0 radical (unpaired) electrons. The molecule has 4 nitrogen and oxygen atoms in total. The molecule has 2 atom stereocenters. The highest BCUT2D eigenvalue weighted by Gasteiger charge is 2.11. The Morgan fingerprint density at radius 2 is 2.25 bits per heavy atom. The van der Waals surface area contributed by atoms with Gasteiger partial charge in [-0.2, -0.15) is 0 Å². The zero-order valence-corrected chi connectivity index (χ0v) is 7.71. The highest BCUT2D eigenvalue weighted by molar-refractivity contribution is 5.81. The quantitative estimate of drug-likeness (QED) is 0.531. The molecule has 0 aliphatic carbocycles. The second kappa shape index (κ2) is 5.97. The number of nitrogens with two attached hydrogens (primary N) is 1. The van der Waals surface area contributed by atoms with Crippen molar-refractivity contribution in [3.8, 4) is 0 Å². The third-order valence-electron chi connectivity index (χ3n) is 1.51. The fourth-order valence-electron chi connectivity index (χ4n) is 0.821. The van der Waals surface area contributed by atoms with Gasteiger partial charge in [0.1, 0.15) is 0 Å². The Kier molecular flexibility index (Phi) is 5.66. The Labute approximate surface area is 73.1 Å². The third-order valence-corrected chi connectivity index (χ3v) is 1.51. The summed E-state index contributed by atoms with van der Waals surface area (Å²) < 4.78 is 0. The van der Waals surface area contributed by atoms with Crippen LogP contribution in [0.2, 0.25) is 0 Å². The number of rotatable bonds is 5. The van der Waals surface area contributed by atoms with Crippen molar-refractivity contribution in [2.45, 2.75) is 38.8 Å². The van der Waals surface area contributed by atoms with Crippen LogP contribution in [0.3, 0.4) is 0 Å². The fourth-order valence-corrected chi connectivity index (χ4v) is 0.821. The molecule has 0 aromatic carbocycles. The Morgan fingerprint density at radius 1 is 1.67 bits per heavy atom. The topological polar surface area (TPSA) is 75.4 Å². The van der Waals surface area contributed by atoms with Gasteiger partial charge in [-0.25, -0.2) is 0 Å². The molecule has 0 bridgehead atoms. The summed E-state index contributed by atoms with van der Waals surface area (Å²) in [7, 11) is 0. The van der Waals surface area contributed by atoms with E-state index in [1.165, 1.54) is 0 Å². The van der Waals surface area contributed by atoms with E-state index in [9.17, 15) is 4.79 Å². The first-order chi connectivity index (χ1) is 5.57. The second-order valence-corrected chi connectivity index (χ2v) is 2.99. The van der Waals surface area contributed by atoms with Crippen LogP contribution in [0.1, 0.15) is 26.7 Å². The predicted octanol–water partition coefficient (Wildman–Crippen LogP) is -0.389. The summed E-state index contributed by atoms with van der Waals surface area (Å²) in [6, 6.07) is -0.436. The number of nitrogens with one attached hydrogen (secondary N) is 1. The molecule has 0 fully saturated rings. The molecular weight excluding hydrogens is 156 g/mol. The maximum atomic E-state index is 11.1. The standard InChI is InChI=1S/C8H18N2O2/c1-3-4-7(9)8(12)10-5-6(2)11/h6-7,11H,3-5,9H2,1-2H3,(H,10,12). The van der Waals surface area contributed by atoms with Crippen LogP contribution in [0.15, 0.2) is 0 Å². The number of hydrogen-bond acceptors (Lipinski definition) is 3. The van der Waals surface area contributed by atoms with E-state index in [-0.39, 0.29) is 12.5 Å². The molecule has 0 saturated heterocycles. The van der Waals surface area contributed by atoms with Crippen LogP contribution in [-0.2, 0) is 4.79 Å². The highest BCUT2D eigenvalue weighted by atomic mass is 16.3. The number of aliphatic hydroxyl groups excluding tert-OH is 1. The number of hydrogen-bond donors (Lipinski definition) is 3. The summed E-state index contributed by atoms with van der Waals surface area (Å²) in [5.41, 5.74) is 5.52. The van der Waals surface area contributed by atoms with E-state index in [1.54, 1.807) is 6.92 Å². The number of amides is 1. The van der Waals surface area contributed by atoms with Crippen LogP contribution < -0.4 is 11.1 Å². The smallest absolute Gasteiger partial charge is 0.237 e. The van der Waals surface area contributed by atoms with Crippen LogP contribution in [0.25, 0.3) is 0 Å². The van der Waals surface area contributed by atoms with Crippen molar-refractivity contribution in [2.75, 3.05) is 6.54 Å². The summed E-state index contributed by atoms with van der Waals surface area (Å²) in [6.07, 6.45) is 1.07. The van der Waals surface area contributed by atoms with Gasteiger partial charge in [0.05, 0.1) is 12.1 Å². The van der Waals surface area contributed by atoms with Gasteiger partial charge in [-0.15, -0.1) is 0 Å². The van der Waals surface area contributed by atoms with Gasteiger partial charge >= 0.3 is 0 Å². The van der Waals surface area contributed by atoms with Crippen molar-refractivity contribution in [3.05, 3.63) is 0 Å². The molecule has 0 heterocycles. The average molecular weight is 174 g/mol. The van der Waals surface area contributed by atoms with Gasteiger partial charge in [0, 0.05) is 6.54 Å². The van der Waals surface area contributed by atoms with E-state index in [1.807, 2.05) is 6.92 Å². The van der Waals surface area contributed by atoms with E-state index in [0.29, 0.717) is 6.42 Å². The SMILES string of the molecule is CCCC(N)C(=O)NCC(C)O. The molecule has 2 unspecified atom stereocenters. The molecule has 0 aromatic heterocycles. The summed E-state index contributed by atoms with van der Waals surface area (Å²) >= 11 is 0. The number of aliphatic hydroxyl groups is 1. The molecule has 0 rings (SSSR count). The van der Waals surface area contributed by atoms with E-state index in [2.05, 4.69) is 5.32 Å². The Morgan fingerprint density at radius 3 is 2.67 bits per heavy atom. The van der Waals surface area contributed by atoms with Crippen LogP contribution in [0.5, 0.6) is 0 Å². The second-order valence-electron chi connectivity index (χ2n) is 2.99. The van der Waals surface area contributed by atoms with Gasteiger partial charge in [0.2, 0.25) is 5.91 Å². The lowest BCUT2D eigenvalue weighted by Gasteiger charge is -2.11.